The minimum absolute atomic E-state index is 0.437. The Labute approximate surface area is 131 Å². The van der Waals surface area contributed by atoms with Gasteiger partial charge < -0.3 is 10.1 Å². The molecule has 1 aliphatic heterocycles. The Hall–Kier alpha value is -0.120. The molecule has 1 N–H and O–H groups in total. The first-order valence-corrected chi connectivity index (χ1v) is 9.10. The van der Waals surface area contributed by atoms with Crippen molar-refractivity contribution in [2.24, 2.45) is 11.8 Å². The number of ether oxygens (including phenoxy) is 1. The molecular formula is C18H36N2O. The van der Waals surface area contributed by atoms with E-state index >= 15 is 0 Å². The molecule has 1 saturated heterocycles. The van der Waals surface area contributed by atoms with Crippen molar-refractivity contribution in [3.8, 4) is 0 Å². The van der Waals surface area contributed by atoms with Crippen LogP contribution < -0.4 is 5.32 Å². The van der Waals surface area contributed by atoms with Gasteiger partial charge in [-0.25, -0.2) is 0 Å². The summed E-state index contributed by atoms with van der Waals surface area (Å²) in [5.74, 6) is 1.46. The lowest BCUT2D eigenvalue weighted by molar-refractivity contribution is 0.00476. The zero-order valence-corrected chi connectivity index (χ0v) is 14.7. The van der Waals surface area contributed by atoms with Crippen LogP contribution in [0, 0.1) is 11.8 Å². The van der Waals surface area contributed by atoms with E-state index in [1.54, 1.807) is 0 Å². The summed E-state index contributed by atoms with van der Waals surface area (Å²) in [7, 11) is 0. The van der Waals surface area contributed by atoms with Crippen LogP contribution in [0.5, 0.6) is 0 Å². The van der Waals surface area contributed by atoms with Gasteiger partial charge in [-0.1, -0.05) is 40.5 Å². The number of piperazine rings is 1. The molecule has 0 aromatic heterocycles. The van der Waals surface area contributed by atoms with Gasteiger partial charge in [-0.2, -0.15) is 0 Å². The van der Waals surface area contributed by atoms with E-state index in [4.69, 9.17) is 4.74 Å². The molecule has 0 radical (unpaired) electrons. The van der Waals surface area contributed by atoms with Gasteiger partial charge in [-0.15, -0.1) is 0 Å². The highest BCUT2D eigenvalue weighted by molar-refractivity contribution is 5.02. The number of nitrogens with zero attached hydrogens (tertiary/aromatic N) is 1. The molecule has 1 spiro atoms. The van der Waals surface area contributed by atoms with Crippen LogP contribution in [0.1, 0.15) is 59.8 Å². The molecule has 0 amide bonds. The maximum Gasteiger partial charge on any atom is 0.0593 e. The molecule has 21 heavy (non-hydrogen) atoms. The van der Waals surface area contributed by atoms with Crippen LogP contribution in [-0.2, 0) is 4.74 Å². The number of hydrogen-bond donors (Lipinski definition) is 1. The molecule has 1 atom stereocenters. The molecule has 124 valence electrons. The van der Waals surface area contributed by atoms with Gasteiger partial charge in [-0.05, 0) is 31.1 Å². The lowest BCUT2D eigenvalue weighted by atomic mass is 9.88. The molecule has 2 rings (SSSR count). The molecular weight excluding hydrogens is 260 g/mol. The van der Waals surface area contributed by atoms with Crippen molar-refractivity contribution < 1.29 is 4.74 Å². The summed E-state index contributed by atoms with van der Waals surface area (Å²) in [5.41, 5.74) is 0.437. The van der Waals surface area contributed by atoms with E-state index in [9.17, 15) is 0 Å². The maximum absolute atomic E-state index is 5.88. The highest BCUT2D eigenvalue weighted by Crippen LogP contribution is 2.37. The average molecular weight is 296 g/mol. The molecule has 1 heterocycles. The zero-order valence-electron chi connectivity index (χ0n) is 14.7. The Morgan fingerprint density at radius 1 is 1.14 bits per heavy atom. The quantitative estimate of drug-likeness (QED) is 0.730. The predicted molar refractivity (Wildman–Crippen MR) is 89.7 cm³/mol. The lowest BCUT2D eigenvalue weighted by Crippen LogP contribution is -2.65. The number of rotatable bonds is 7. The standard InChI is InChI=1S/C18H36N2O/c1-15(2)7-11-21-12-10-20-13-17(16(3)4)19-14-18(20)8-5-6-9-18/h15-17,19H,5-14H2,1-4H3. The van der Waals surface area contributed by atoms with Crippen molar-refractivity contribution >= 4 is 0 Å². The number of hydrogen-bond acceptors (Lipinski definition) is 3. The molecule has 1 aliphatic carbocycles. The smallest absolute Gasteiger partial charge is 0.0593 e. The van der Waals surface area contributed by atoms with Gasteiger partial charge in [-0.3, -0.25) is 4.90 Å². The van der Waals surface area contributed by atoms with Gasteiger partial charge in [0.25, 0.3) is 0 Å². The Morgan fingerprint density at radius 2 is 1.86 bits per heavy atom. The van der Waals surface area contributed by atoms with Gasteiger partial charge in [0.15, 0.2) is 0 Å². The van der Waals surface area contributed by atoms with Gasteiger partial charge in [0.05, 0.1) is 6.61 Å². The minimum atomic E-state index is 0.437. The van der Waals surface area contributed by atoms with E-state index in [1.165, 1.54) is 45.2 Å². The largest absolute Gasteiger partial charge is 0.380 e. The summed E-state index contributed by atoms with van der Waals surface area (Å²) in [5, 5.41) is 3.82. The summed E-state index contributed by atoms with van der Waals surface area (Å²) in [6.45, 7) is 14.5. The van der Waals surface area contributed by atoms with Crippen LogP contribution in [0.15, 0.2) is 0 Å². The lowest BCUT2D eigenvalue weighted by Gasteiger charge is -2.49. The Balaban J connectivity index is 1.82. The van der Waals surface area contributed by atoms with Crippen LogP contribution in [0.2, 0.25) is 0 Å². The fraction of sp³-hybridized carbons (Fsp3) is 1.00. The Bertz CT molecular complexity index is 298. The van der Waals surface area contributed by atoms with Gasteiger partial charge >= 0.3 is 0 Å². The normalized spacial score (nSPS) is 26.3. The minimum Gasteiger partial charge on any atom is -0.380 e. The summed E-state index contributed by atoms with van der Waals surface area (Å²) in [6, 6.07) is 0.645. The van der Waals surface area contributed by atoms with Crippen LogP contribution in [0.25, 0.3) is 0 Å². The zero-order chi connectivity index (χ0) is 15.3. The molecule has 0 aromatic rings. The second-order valence-electron chi connectivity index (χ2n) is 7.90. The van der Waals surface area contributed by atoms with Gasteiger partial charge in [0, 0.05) is 37.8 Å². The number of nitrogens with one attached hydrogen (secondary N) is 1. The first kappa shape index (κ1) is 17.2. The maximum atomic E-state index is 5.88. The van der Waals surface area contributed by atoms with Crippen molar-refractivity contribution in [1.82, 2.24) is 10.2 Å². The topological polar surface area (TPSA) is 24.5 Å². The Morgan fingerprint density at radius 3 is 2.48 bits per heavy atom. The van der Waals surface area contributed by atoms with Crippen molar-refractivity contribution in [3.63, 3.8) is 0 Å². The Kier molecular flexibility index (Phi) is 6.51. The first-order valence-electron chi connectivity index (χ1n) is 9.10. The van der Waals surface area contributed by atoms with E-state index in [1.807, 2.05) is 0 Å². The molecule has 2 aliphatic rings. The monoisotopic (exact) mass is 296 g/mol. The molecule has 2 fully saturated rings. The second kappa shape index (κ2) is 7.94. The molecule has 3 heteroatoms. The SMILES string of the molecule is CC(C)CCOCCN1CC(C(C)C)NCC12CCCC2. The van der Waals surface area contributed by atoms with Crippen LogP contribution in [-0.4, -0.2) is 49.3 Å². The highest BCUT2D eigenvalue weighted by Gasteiger charge is 2.43. The third-order valence-corrected chi connectivity index (χ3v) is 5.47. The third kappa shape index (κ3) is 4.67. The molecule has 3 nitrogen and oxygen atoms in total. The van der Waals surface area contributed by atoms with Crippen molar-refractivity contribution in [1.29, 1.82) is 0 Å². The molecule has 1 saturated carbocycles. The second-order valence-corrected chi connectivity index (χ2v) is 7.90. The predicted octanol–water partition coefficient (Wildman–Crippen LogP) is 3.29. The fourth-order valence-electron chi connectivity index (χ4n) is 3.83. The van der Waals surface area contributed by atoms with Gasteiger partial charge in [0.1, 0.15) is 0 Å². The van der Waals surface area contributed by atoms with E-state index in [2.05, 4.69) is 37.9 Å². The summed E-state index contributed by atoms with van der Waals surface area (Å²) >= 11 is 0. The van der Waals surface area contributed by atoms with E-state index in [0.29, 0.717) is 17.5 Å². The van der Waals surface area contributed by atoms with E-state index in [-0.39, 0.29) is 0 Å². The van der Waals surface area contributed by atoms with Crippen LogP contribution in [0.3, 0.4) is 0 Å². The summed E-state index contributed by atoms with van der Waals surface area (Å²) < 4.78 is 5.88. The first-order chi connectivity index (χ1) is 10.0. The van der Waals surface area contributed by atoms with Crippen molar-refractivity contribution in [3.05, 3.63) is 0 Å². The average Bonchev–Trinajstić information content (AvgIpc) is 2.89. The van der Waals surface area contributed by atoms with Crippen LogP contribution >= 0.6 is 0 Å². The molecule has 0 bridgehead atoms. The highest BCUT2D eigenvalue weighted by atomic mass is 16.5. The van der Waals surface area contributed by atoms with Crippen molar-refractivity contribution in [2.75, 3.05) is 32.8 Å². The summed E-state index contributed by atoms with van der Waals surface area (Å²) in [6.07, 6.45) is 6.73. The molecule has 1 unspecified atom stereocenters. The van der Waals surface area contributed by atoms with Crippen LogP contribution in [0.4, 0.5) is 0 Å². The van der Waals surface area contributed by atoms with Crippen molar-refractivity contribution in [2.45, 2.75) is 71.4 Å². The summed E-state index contributed by atoms with van der Waals surface area (Å²) in [4.78, 5) is 2.76. The van der Waals surface area contributed by atoms with E-state index in [0.717, 1.165) is 25.7 Å². The molecule has 0 aromatic carbocycles. The fourth-order valence-corrected chi connectivity index (χ4v) is 3.83. The van der Waals surface area contributed by atoms with Gasteiger partial charge in [0.2, 0.25) is 0 Å². The van der Waals surface area contributed by atoms with E-state index < -0.39 is 0 Å². The third-order valence-electron chi connectivity index (χ3n) is 5.47.